The van der Waals surface area contributed by atoms with Gasteiger partial charge in [-0.05, 0) is 147 Å². The minimum absolute atomic E-state index is 0.351. The molecule has 2 atom stereocenters. The first kappa shape index (κ1) is 39.7. The summed E-state index contributed by atoms with van der Waals surface area (Å²) < 4.78 is 6.71. The van der Waals surface area contributed by atoms with Gasteiger partial charge in [0.05, 0.1) is 5.41 Å². The van der Waals surface area contributed by atoms with Gasteiger partial charge in [-0.15, -0.1) is 0 Å². The van der Waals surface area contributed by atoms with Gasteiger partial charge in [-0.3, -0.25) is 0 Å². The van der Waals surface area contributed by atoms with E-state index >= 15 is 0 Å². The van der Waals surface area contributed by atoms with E-state index in [0.717, 1.165) is 36.2 Å². The van der Waals surface area contributed by atoms with Crippen molar-refractivity contribution in [1.82, 2.24) is 0 Å². The molecule has 2 aliphatic rings. The van der Waals surface area contributed by atoms with E-state index in [1.54, 1.807) is 0 Å². The van der Waals surface area contributed by atoms with Crippen molar-refractivity contribution in [1.29, 1.82) is 0 Å². The summed E-state index contributed by atoms with van der Waals surface area (Å²) in [5, 5.41) is 1.17. The second-order valence-corrected chi connectivity index (χ2v) is 18.0. The maximum atomic E-state index is 6.71. The van der Waals surface area contributed by atoms with E-state index in [1.807, 2.05) is 0 Å². The van der Waals surface area contributed by atoms with Gasteiger partial charge in [0.1, 0.15) is 11.3 Å². The third-order valence-electron chi connectivity index (χ3n) is 14.3. The zero-order chi connectivity index (χ0) is 42.5. The van der Waals surface area contributed by atoms with Crippen molar-refractivity contribution >= 4 is 22.1 Å². The summed E-state index contributed by atoms with van der Waals surface area (Å²) in [6.07, 6.45) is 7.63. The van der Waals surface area contributed by atoms with Crippen molar-refractivity contribution in [2.75, 3.05) is 0 Å². The topological polar surface area (TPSA) is 13.1 Å². The molecule has 0 bridgehead atoms. The lowest BCUT2D eigenvalue weighted by Crippen LogP contribution is -2.25. The number of hydrogen-bond donors (Lipinski definition) is 0. The molecule has 1 spiro atoms. The summed E-state index contributed by atoms with van der Waals surface area (Å²) in [5.41, 5.74) is 22.9. The van der Waals surface area contributed by atoms with Gasteiger partial charge in [0.15, 0.2) is 0 Å². The number of hydrogen-bond acceptors (Lipinski definition) is 1. The molecule has 10 rings (SSSR count). The maximum absolute atomic E-state index is 6.71. The normalized spacial score (nSPS) is 14.4. The van der Waals surface area contributed by atoms with E-state index in [9.17, 15) is 0 Å². The lowest BCUT2D eigenvalue weighted by Gasteiger charge is -2.30. The highest BCUT2D eigenvalue weighted by atomic mass is 16.3. The molecule has 0 radical (unpaired) electrons. The van der Waals surface area contributed by atoms with Crippen LogP contribution in [0.3, 0.4) is 0 Å². The van der Waals surface area contributed by atoms with Crippen LogP contribution in [0.1, 0.15) is 121 Å². The van der Waals surface area contributed by atoms with Crippen molar-refractivity contribution in [2.45, 2.75) is 84.0 Å². The van der Waals surface area contributed by atoms with Crippen molar-refractivity contribution < 1.29 is 4.42 Å². The Morgan fingerprint density at radius 2 is 1.19 bits per heavy atom. The quantitative estimate of drug-likeness (QED) is 0.120. The van der Waals surface area contributed by atoms with Crippen molar-refractivity contribution in [2.24, 2.45) is 0 Å². The van der Waals surface area contributed by atoms with Crippen LogP contribution < -0.4 is 0 Å². The van der Waals surface area contributed by atoms with Crippen LogP contribution in [0, 0.1) is 6.92 Å². The largest absolute Gasteiger partial charge is 0.456 e. The molecule has 0 saturated carbocycles. The van der Waals surface area contributed by atoms with Crippen molar-refractivity contribution in [3.05, 3.63) is 226 Å². The van der Waals surface area contributed by atoms with Gasteiger partial charge < -0.3 is 4.42 Å². The highest BCUT2D eigenvalue weighted by molar-refractivity contribution is 5.98. The first-order valence-corrected chi connectivity index (χ1v) is 22.8. The summed E-state index contributed by atoms with van der Waals surface area (Å²) in [5.74, 6) is 2.04. The summed E-state index contributed by atoms with van der Waals surface area (Å²) in [4.78, 5) is 0. The van der Waals surface area contributed by atoms with Crippen LogP contribution >= 0.6 is 0 Å². The molecule has 7 aromatic carbocycles. The van der Waals surface area contributed by atoms with Crippen LogP contribution in [0.4, 0.5) is 0 Å². The summed E-state index contributed by atoms with van der Waals surface area (Å²) >= 11 is 0. The first-order valence-electron chi connectivity index (χ1n) is 22.8. The van der Waals surface area contributed by atoms with Gasteiger partial charge in [0, 0.05) is 16.5 Å². The van der Waals surface area contributed by atoms with Crippen LogP contribution in [-0.4, -0.2) is 0 Å². The Morgan fingerprint density at radius 3 is 1.87 bits per heavy atom. The molecular formula is C61H56O. The molecule has 0 aliphatic heterocycles. The van der Waals surface area contributed by atoms with Crippen LogP contribution in [-0.2, 0) is 11.8 Å². The van der Waals surface area contributed by atoms with E-state index < -0.39 is 0 Å². The Hall–Kier alpha value is -6.44. The lowest BCUT2D eigenvalue weighted by atomic mass is 9.70. The van der Waals surface area contributed by atoms with Gasteiger partial charge in [-0.2, -0.15) is 0 Å². The average Bonchev–Trinajstić information content (AvgIpc) is 3.93. The molecule has 2 unspecified atom stereocenters. The molecular weight excluding hydrogens is 749 g/mol. The minimum Gasteiger partial charge on any atom is -0.456 e. The fourth-order valence-electron chi connectivity index (χ4n) is 11.1. The molecule has 1 heterocycles. The predicted molar refractivity (Wildman–Crippen MR) is 263 cm³/mol. The third-order valence-corrected chi connectivity index (χ3v) is 14.3. The SMILES string of the molecule is C=C(C/C=C(\C)c1ccc2oc(-c3ccccc3CCC(C)c3ccccc3C(C)CCC)c(C)c2c1)c1cccc2c1-c1ccccc1C21c2ccccc2-c2ccccc21. The third kappa shape index (κ3) is 6.36. The molecule has 1 nitrogen and oxygen atoms in total. The van der Waals surface area contributed by atoms with Gasteiger partial charge in [-0.25, -0.2) is 0 Å². The van der Waals surface area contributed by atoms with Crippen LogP contribution in [0.5, 0.6) is 0 Å². The average molecular weight is 805 g/mol. The first-order chi connectivity index (χ1) is 30.3. The Labute approximate surface area is 368 Å². The number of benzene rings is 7. The molecule has 8 aromatic rings. The summed E-state index contributed by atoms with van der Waals surface area (Å²) in [6.45, 7) is 16.3. The molecule has 62 heavy (non-hydrogen) atoms. The fourth-order valence-corrected chi connectivity index (χ4v) is 11.1. The van der Waals surface area contributed by atoms with Crippen LogP contribution in [0.2, 0.25) is 0 Å². The number of furan rings is 1. The second kappa shape index (κ2) is 16.1. The van der Waals surface area contributed by atoms with Gasteiger partial charge in [-0.1, -0.05) is 185 Å². The van der Waals surface area contributed by atoms with Gasteiger partial charge in [0.25, 0.3) is 0 Å². The molecule has 0 saturated heterocycles. The zero-order valence-electron chi connectivity index (χ0n) is 36.9. The zero-order valence-corrected chi connectivity index (χ0v) is 36.9. The second-order valence-electron chi connectivity index (χ2n) is 18.0. The molecule has 1 heteroatoms. The standard InChI is InChI=1S/C61H56O/c1-7-19-40(3)46-21-10-11-22-47(46)41(4)34-35-44-20-8-9-23-49(44)60-43(6)53-38-45(36-37-58(53)62-60)39(2)32-33-42(5)48-27-18-31-57-59(48)52-26-14-17-30-56(52)61(57)54-28-15-12-24-50(54)51-25-13-16-29-55(51)61/h8-18,20-32,36-38,40-41H,5,7,19,33-35H2,1-4,6H3/b39-32+. The minimum atomic E-state index is -0.351. The Morgan fingerprint density at radius 1 is 0.629 bits per heavy atom. The monoisotopic (exact) mass is 804 g/mol. The number of fused-ring (bicyclic) bond motifs is 11. The molecule has 2 aliphatic carbocycles. The fraction of sp³-hybridized carbons (Fsp3) is 0.213. The molecule has 0 fully saturated rings. The summed E-state index contributed by atoms with van der Waals surface area (Å²) in [7, 11) is 0. The molecule has 306 valence electrons. The molecule has 0 N–H and O–H groups in total. The highest BCUT2D eigenvalue weighted by Gasteiger charge is 2.51. The van der Waals surface area contributed by atoms with Crippen molar-refractivity contribution in [3.8, 4) is 33.6 Å². The van der Waals surface area contributed by atoms with Crippen LogP contribution in [0.15, 0.2) is 175 Å². The molecule has 1 aromatic heterocycles. The maximum Gasteiger partial charge on any atom is 0.138 e. The Bertz CT molecular complexity index is 2990. The summed E-state index contributed by atoms with van der Waals surface area (Å²) in [6, 6.07) is 58.6. The smallest absolute Gasteiger partial charge is 0.138 e. The Balaban J connectivity index is 0.926. The van der Waals surface area contributed by atoms with E-state index in [4.69, 9.17) is 11.0 Å². The van der Waals surface area contributed by atoms with Crippen LogP contribution in [0.25, 0.3) is 55.7 Å². The molecule has 0 amide bonds. The highest BCUT2D eigenvalue weighted by Crippen LogP contribution is 2.63. The number of allylic oxidation sites excluding steroid dienone is 3. The predicted octanol–water partition coefficient (Wildman–Crippen LogP) is 16.9. The van der Waals surface area contributed by atoms with E-state index in [2.05, 4.69) is 198 Å². The number of aryl methyl sites for hydroxylation is 2. The van der Waals surface area contributed by atoms with E-state index in [0.29, 0.717) is 11.8 Å². The van der Waals surface area contributed by atoms with E-state index in [1.165, 1.54) is 107 Å². The van der Waals surface area contributed by atoms with Gasteiger partial charge >= 0.3 is 0 Å². The number of rotatable bonds is 12. The lowest BCUT2D eigenvalue weighted by molar-refractivity contribution is 0.620. The Kier molecular flexibility index (Phi) is 10.3. The van der Waals surface area contributed by atoms with Gasteiger partial charge in [0.2, 0.25) is 0 Å². The van der Waals surface area contributed by atoms with E-state index in [-0.39, 0.29) is 5.41 Å². The van der Waals surface area contributed by atoms with Crippen molar-refractivity contribution in [3.63, 3.8) is 0 Å².